The van der Waals surface area contributed by atoms with Gasteiger partial charge in [-0.3, -0.25) is 0 Å². The second-order valence-corrected chi connectivity index (χ2v) is 5.11. The van der Waals surface area contributed by atoms with Gasteiger partial charge in [-0.05, 0) is 37.1 Å². The monoisotopic (exact) mass is 256 g/mol. The van der Waals surface area contributed by atoms with Gasteiger partial charge in [-0.1, -0.05) is 12.1 Å². The van der Waals surface area contributed by atoms with Crippen molar-refractivity contribution in [3.63, 3.8) is 0 Å². The van der Waals surface area contributed by atoms with Crippen molar-refractivity contribution in [2.45, 2.75) is 25.4 Å². The van der Waals surface area contributed by atoms with Crippen LogP contribution in [0.1, 0.15) is 18.4 Å². The summed E-state index contributed by atoms with van der Waals surface area (Å²) in [5.74, 6) is 0. The van der Waals surface area contributed by atoms with Crippen LogP contribution in [0.5, 0.6) is 0 Å². The lowest BCUT2D eigenvalue weighted by atomic mass is 10.2. The molecule has 0 saturated carbocycles. The quantitative estimate of drug-likeness (QED) is 0.861. The van der Waals surface area contributed by atoms with E-state index in [1.54, 1.807) is 0 Å². The fraction of sp³-hybridized carbons (Fsp3) is 0.400. The first-order valence-electron chi connectivity index (χ1n) is 6.92. The van der Waals surface area contributed by atoms with E-state index in [1.165, 1.54) is 24.1 Å². The van der Waals surface area contributed by atoms with Crippen molar-refractivity contribution >= 4 is 5.69 Å². The minimum Gasteiger partial charge on any atom is -0.383 e. The smallest absolute Gasteiger partial charge is 0.0949 e. The summed E-state index contributed by atoms with van der Waals surface area (Å²) in [6, 6.07) is 9.23. The van der Waals surface area contributed by atoms with Crippen molar-refractivity contribution in [3.05, 3.63) is 48.5 Å². The Morgan fingerprint density at radius 2 is 2.42 bits per heavy atom. The zero-order valence-electron chi connectivity index (χ0n) is 11.0. The van der Waals surface area contributed by atoms with Crippen LogP contribution in [0.2, 0.25) is 0 Å². The third kappa shape index (κ3) is 3.35. The third-order valence-corrected chi connectivity index (χ3v) is 3.57. The Balaban J connectivity index is 1.59. The molecule has 0 radical (unpaired) electrons. The minimum atomic E-state index is 0.623. The molecule has 1 atom stereocenters. The molecule has 0 amide bonds. The molecule has 100 valence electrons. The maximum absolute atomic E-state index is 4.07. The van der Waals surface area contributed by atoms with Crippen LogP contribution in [0, 0.1) is 0 Å². The van der Waals surface area contributed by atoms with Crippen LogP contribution in [0.4, 0.5) is 5.69 Å². The van der Waals surface area contributed by atoms with Gasteiger partial charge in [0.05, 0.1) is 6.33 Å². The Labute approximate surface area is 113 Å². The average Bonchev–Trinajstić information content (AvgIpc) is 3.10. The Morgan fingerprint density at radius 1 is 1.42 bits per heavy atom. The zero-order valence-corrected chi connectivity index (χ0v) is 11.0. The molecule has 1 unspecified atom stereocenters. The summed E-state index contributed by atoms with van der Waals surface area (Å²) >= 11 is 0. The topological polar surface area (TPSA) is 41.9 Å². The second kappa shape index (κ2) is 5.89. The number of hydrogen-bond acceptors (Lipinski definition) is 3. The number of nitrogens with zero attached hydrogens (tertiary/aromatic N) is 2. The second-order valence-electron chi connectivity index (χ2n) is 5.11. The maximum atomic E-state index is 4.07. The van der Waals surface area contributed by atoms with Gasteiger partial charge in [0, 0.05) is 37.2 Å². The highest BCUT2D eigenvalue weighted by molar-refractivity contribution is 5.46. The van der Waals surface area contributed by atoms with Gasteiger partial charge in [0.25, 0.3) is 0 Å². The molecule has 1 aromatic heterocycles. The van der Waals surface area contributed by atoms with Crippen molar-refractivity contribution in [2.24, 2.45) is 0 Å². The SMILES string of the molecule is c1cc(Cn2ccnc2)cc(NCC2CCCN2)c1. The number of rotatable bonds is 5. The molecule has 2 N–H and O–H groups in total. The number of hydrogen-bond donors (Lipinski definition) is 2. The maximum Gasteiger partial charge on any atom is 0.0949 e. The largest absolute Gasteiger partial charge is 0.383 e. The number of imidazole rings is 1. The lowest BCUT2D eigenvalue weighted by Crippen LogP contribution is -2.29. The molecule has 4 nitrogen and oxygen atoms in total. The van der Waals surface area contributed by atoms with Crippen LogP contribution in [-0.2, 0) is 6.54 Å². The Morgan fingerprint density at radius 3 is 3.21 bits per heavy atom. The highest BCUT2D eigenvalue weighted by atomic mass is 15.0. The molecule has 2 heterocycles. The van der Waals surface area contributed by atoms with Crippen molar-refractivity contribution < 1.29 is 0 Å². The first kappa shape index (κ1) is 12.2. The normalized spacial score (nSPS) is 18.6. The fourth-order valence-corrected chi connectivity index (χ4v) is 2.54. The molecule has 1 saturated heterocycles. The van der Waals surface area contributed by atoms with E-state index in [1.807, 2.05) is 18.7 Å². The van der Waals surface area contributed by atoms with Gasteiger partial charge in [-0.2, -0.15) is 0 Å². The lowest BCUT2D eigenvalue weighted by Gasteiger charge is -2.13. The van der Waals surface area contributed by atoms with Crippen LogP contribution < -0.4 is 10.6 Å². The molecule has 1 aliphatic heterocycles. The number of aromatic nitrogens is 2. The molecule has 0 spiro atoms. The summed E-state index contributed by atoms with van der Waals surface area (Å²) in [5, 5.41) is 7.02. The summed E-state index contributed by atoms with van der Waals surface area (Å²) in [6.07, 6.45) is 8.23. The standard InChI is InChI=1S/C15H20N4/c1-3-13(11-19-8-7-16-12-19)9-14(4-1)18-10-15-5-2-6-17-15/h1,3-4,7-9,12,15,17-18H,2,5-6,10-11H2. The molecule has 1 fully saturated rings. The first-order valence-corrected chi connectivity index (χ1v) is 6.92. The summed E-state index contributed by atoms with van der Waals surface area (Å²) in [4.78, 5) is 4.07. The minimum absolute atomic E-state index is 0.623. The molecule has 1 aromatic carbocycles. The number of nitrogens with one attached hydrogen (secondary N) is 2. The number of anilines is 1. The van der Waals surface area contributed by atoms with Crippen molar-refractivity contribution in [1.82, 2.24) is 14.9 Å². The van der Waals surface area contributed by atoms with E-state index in [0.717, 1.165) is 19.6 Å². The van der Waals surface area contributed by atoms with Crippen molar-refractivity contribution in [2.75, 3.05) is 18.4 Å². The molecule has 0 bridgehead atoms. The molecule has 1 aliphatic rings. The van der Waals surface area contributed by atoms with Crippen LogP contribution in [0.3, 0.4) is 0 Å². The molecule has 4 heteroatoms. The van der Waals surface area contributed by atoms with Gasteiger partial charge in [0.2, 0.25) is 0 Å². The van der Waals surface area contributed by atoms with E-state index >= 15 is 0 Å². The van der Waals surface area contributed by atoms with E-state index in [0.29, 0.717) is 6.04 Å². The van der Waals surface area contributed by atoms with Crippen LogP contribution >= 0.6 is 0 Å². The van der Waals surface area contributed by atoms with Crippen molar-refractivity contribution in [1.29, 1.82) is 0 Å². The van der Waals surface area contributed by atoms with Crippen LogP contribution in [0.15, 0.2) is 43.0 Å². The summed E-state index contributed by atoms with van der Waals surface area (Å²) in [5.41, 5.74) is 2.49. The molecular weight excluding hydrogens is 236 g/mol. The van der Waals surface area contributed by atoms with Gasteiger partial charge in [-0.25, -0.2) is 4.98 Å². The molecule has 3 rings (SSSR count). The summed E-state index contributed by atoms with van der Waals surface area (Å²) in [7, 11) is 0. The number of benzene rings is 1. The van der Waals surface area contributed by atoms with E-state index in [9.17, 15) is 0 Å². The van der Waals surface area contributed by atoms with Crippen LogP contribution in [-0.4, -0.2) is 28.7 Å². The molecule has 2 aromatic rings. The van der Waals surface area contributed by atoms with Gasteiger partial charge < -0.3 is 15.2 Å². The molecule has 0 aliphatic carbocycles. The predicted octanol–water partition coefficient (Wildman–Crippen LogP) is 2.10. The van der Waals surface area contributed by atoms with E-state index in [4.69, 9.17) is 0 Å². The highest BCUT2D eigenvalue weighted by Crippen LogP contribution is 2.13. The van der Waals surface area contributed by atoms with Gasteiger partial charge in [0.15, 0.2) is 0 Å². The first-order chi connectivity index (χ1) is 9.40. The van der Waals surface area contributed by atoms with Gasteiger partial charge >= 0.3 is 0 Å². The van der Waals surface area contributed by atoms with Crippen molar-refractivity contribution in [3.8, 4) is 0 Å². The van der Waals surface area contributed by atoms with Crippen LogP contribution in [0.25, 0.3) is 0 Å². The van der Waals surface area contributed by atoms with E-state index in [2.05, 4.69) is 44.5 Å². The lowest BCUT2D eigenvalue weighted by molar-refractivity contribution is 0.633. The van der Waals surface area contributed by atoms with Gasteiger partial charge in [0.1, 0.15) is 0 Å². The fourth-order valence-electron chi connectivity index (χ4n) is 2.54. The van der Waals surface area contributed by atoms with Gasteiger partial charge in [-0.15, -0.1) is 0 Å². The average molecular weight is 256 g/mol. The molecular formula is C15H20N4. The zero-order chi connectivity index (χ0) is 12.9. The van der Waals surface area contributed by atoms with E-state index in [-0.39, 0.29) is 0 Å². The predicted molar refractivity (Wildman–Crippen MR) is 77.3 cm³/mol. The summed E-state index contributed by atoms with van der Waals surface area (Å²) < 4.78 is 2.08. The Kier molecular flexibility index (Phi) is 3.79. The Bertz CT molecular complexity index is 501. The Hall–Kier alpha value is -1.81. The van der Waals surface area contributed by atoms with E-state index < -0.39 is 0 Å². The molecule has 19 heavy (non-hydrogen) atoms. The summed E-state index contributed by atoms with van der Waals surface area (Å²) in [6.45, 7) is 3.04. The third-order valence-electron chi connectivity index (χ3n) is 3.57. The highest BCUT2D eigenvalue weighted by Gasteiger charge is 2.12.